The van der Waals surface area contributed by atoms with Crippen LogP contribution in [0, 0.1) is 17.2 Å². The van der Waals surface area contributed by atoms with Gasteiger partial charge in [-0.05, 0) is 51.7 Å². The number of amides is 1. The molecule has 30 heavy (non-hydrogen) atoms. The molecule has 0 unspecified atom stereocenters. The second-order valence-corrected chi connectivity index (χ2v) is 8.52. The minimum atomic E-state index is -0.320. The van der Waals surface area contributed by atoms with Crippen LogP contribution in [0.3, 0.4) is 0 Å². The predicted octanol–water partition coefficient (Wildman–Crippen LogP) is 3.09. The maximum Gasteiger partial charge on any atom is 0.253 e. The molecule has 0 atom stereocenters. The Labute approximate surface area is 174 Å². The topological polar surface area (TPSA) is 120 Å². The van der Waals surface area contributed by atoms with Crippen LogP contribution >= 0.6 is 0 Å². The molecule has 3 aromatic rings. The maximum absolute atomic E-state index is 12.3. The van der Waals surface area contributed by atoms with Gasteiger partial charge in [0.05, 0.1) is 17.4 Å². The first kappa shape index (κ1) is 19.6. The number of fused-ring (bicyclic) bond motifs is 1. The smallest absolute Gasteiger partial charge is 0.253 e. The van der Waals surface area contributed by atoms with Crippen molar-refractivity contribution in [3.63, 3.8) is 0 Å². The zero-order chi connectivity index (χ0) is 21.3. The third-order valence-corrected chi connectivity index (χ3v) is 4.63. The molecule has 1 aliphatic rings. The van der Waals surface area contributed by atoms with Gasteiger partial charge in [-0.2, -0.15) is 9.78 Å². The van der Waals surface area contributed by atoms with E-state index >= 15 is 0 Å². The largest absolute Gasteiger partial charge is 0.368 e. The summed E-state index contributed by atoms with van der Waals surface area (Å²) in [5, 5.41) is 23.3. The maximum atomic E-state index is 12.3. The fourth-order valence-corrected chi connectivity index (χ4v) is 2.95. The van der Waals surface area contributed by atoms with Crippen LogP contribution < -0.4 is 16.0 Å². The molecule has 4 rings (SSSR count). The molecule has 3 aromatic heterocycles. The molecule has 1 saturated carbocycles. The van der Waals surface area contributed by atoms with Crippen LogP contribution in [0.4, 0.5) is 17.3 Å². The molecule has 1 amide bonds. The van der Waals surface area contributed by atoms with Gasteiger partial charge in [-0.1, -0.05) is 0 Å². The molecule has 1 aliphatic carbocycles. The van der Waals surface area contributed by atoms with E-state index in [0.29, 0.717) is 40.1 Å². The lowest BCUT2D eigenvalue weighted by Crippen LogP contribution is -2.40. The van der Waals surface area contributed by atoms with E-state index in [1.165, 1.54) is 29.8 Å². The van der Waals surface area contributed by atoms with Gasteiger partial charge >= 0.3 is 0 Å². The van der Waals surface area contributed by atoms with Gasteiger partial charge in [0.25, 0.3) is 5.91 Å². The monoisotopic (exact) mass is 404 g/mol. The van der Waals surface area contributed by atoms with Crippen molar-refractivity contribution in [3.8, 4) is 6.07 Å². The molecule has 0 bridgehead atoms. The van der Waals surface area contributed by atoms with E-state index in [9.17, 15) is 10.1 Å². The van der Waals surface area contributed by atoms with Crippen LogP contribution in [0.5, 0.6) is 0 Å². The van der Waals surface area contributed by atoms with Gasteiger partial charge in [-0.25, -0.2) is 9.97 Å². The molecule has 9 heteroatoms. The zero-order valence-corrected chi connectivity index (χ0v) is 17.2. The Balaban J connectivity index is 1.58. The molecule has 0 aliphatic heterocycles. The number of hydrogen-bond donors (Lipinski definition) is 3. The van der Waals surface area contributed by atoms with E-state index in [0.717, 1.165) is 6.54 Å². The van der Waals surface area contributed by atoms with Crippen molar-refractivity contribution < 1.29 is 4.79 Å². The van der Waals surface area contributed by atoms with Crippen molar-refractivity contribution in [1.82, 2.24) is 24.9 Å². The van der Waals surface area contributed by atoms with E-state index in [2.05, 4.69) is 37.1 Å². The normalized spacial score (nSPS) is 13.7. The van der Waals surface area contributed by atoms with Crippen molar-refractivity contribution >= 4 is 28.9 Å². The molecule has 9 nitrogen and oxygen atoms in total. The number of imidazole rings is 1. The summed E-state index contributed by atoms with van der Waals surface area (Å²) in [5.74, 6) is 1.73. The van der Waals surface area contributed by atoms with Crippen molar-refractivity contribution in [2.24, 2.45) is 5.92 Å². The number of nitrogens with zero attached hydrogens (tertiary/aromatic N) is 5. The molecule has 154 valence electrons. The number of hydrogen-bond acceptors (Lipinski definition) is 7. The Morgan fingerprint density at radius 2 is 2.03 bits per heavy atom. The van der Waals surface area contributed by atoms with E-state index in [1.807, 2.05) is 26.8 Å². The summed E-state index contributed by atoms with van der Waals surface area (Å²) in [4.78, 5) is 21.0. The van der Waals surface area contributed by atoms with Crippen molar-refractivity contribution in [1.29, 1.82) is 5.26 Å². The third-order valence-electron chi connectivity index (χ3n) is 4.63. The Bertz CT molecular complexity index is 1120. The number of carbonyl (C=O) groups excluding carboxylic acids is 1. The first-order chi connectivity index (χ1) is 14.3. The summed E-state index contributed by atoms with van der Waals surface area (Å²) in [6, 6.07) is 7.41. The molecule has 3 N–H and O–H groups in total. The minimum Gasteiger partial charge on any atom is -0.368 e. The second kappa shape index (κ2) is 7.63. The number of nitrogens with one attached hydrogen (secondary N) is 3. The van der Waals surface area contributed by atoms with Crippen LogP contribution in [0.2, 0.25) is 0 Å². The molecule has 1 fully saturated rings. The van der Waals surface area contributed by atoms with Crippen LogP contribution in [0.25, 0.3) is 5.65 Å². The highest BCUT2D eigenvalue weighted by molar-refractivity contribution is 5.94. The number of anilines is 3. The van der Waals surface area contributed by atoms with Crippen molar-refractivity contribution in [2.45, 2.75) is 39.2 Å². The SMILES string of the molecule is CC(C)(C)NC(=O)c1ccc(Nc2cc(NCC3CC3)nn3c(C#N)cnc23)nc1. The standard InChI is InChI=1S/C21H24N8O/c1-21(2,3)27-20(30)14-6-7-17(24-11-14)26-16-8-18(23-10-13-4-5-13)28-29-15(9-22)12-25-19(16)29/h6-8,11-13H,4-5,10H2,1-3H3,(H,23,28)(H,24,26)(H,27,30). The van der Waals surface area contributed by atoms with Crippen LogP contribution in [0.1, 0.15) is 49.7 Å². The first-order valence-corrected chi connectivity index (χ1v) is 9.91. The van der Waals surface area contributed by atoms with Gasteiger partial charge in [0.1, 0.15) is 17.7 Å². The van der Waals surface area contributed by atoms with Crippen LogP contribution in [-0.2, 0) is 0 Å². The van der Waals surface area contributed by atoms with Crippen molar-refractivity contribution in [3.05, 3.63) is 41.9 Å². The van der Waals surface area contributed by atoms with Gasteiger partial charge in [-0.3, -0.25) is 4.79 Å². The lowest BCUT2D eigenvalue weighted by Gasteiger charge is -2.20. The van der Waals surface area contributed by atoms with Crippen molar-refractivity contribution in [2.75, 3.05) is 17.2 Å². The Kier molecular flexibility index (Phi) is 4.99. The molecule has 0 radical (unpaired) electrons. The predicted molar refractivity (Wildman–Crippen MR) is 114 cm³/mol. The molecular formula is C21H24N8O. The van der Waals surface area contributed by atoms with Crippen LogP contribution in [-0.4, -0.2) is 37.6 Å². The lowest BCUT2D eigenvalue weighted by atomic mass is 10.1. The molecule has 0 aromatic carbocycles. The molecule has 0 saturated heterocycles. The van der Waals surface area contributed by atoms with Gasteiger partial charge in [0.2, 0.25) is 0 Å². The minimum absolute atomic E-state index is 0.175. The van der Waals surface area contributed by atoms with Gasteiger partial charge in [-0.15, -0.1) is 5.10 Å². The summed E-state index contributed by atoms with van der Waals surface area (Å²) < 4.78 is 1.52. The summed E-state index contributed by atoms with van der Waals surface area (Å²) >= 11 is 0. The fraction of sp³-hybridized carbons (Fsp3) is 0.381. The Morgan fingerprint density at radius 1 is 1.23 bits per heavy atom. The highest BCUT2D eigenvalue weighted by Gasteiger charge is 2.21. The van der Waals surface area contributed by atoms with Gasteiger partial charge in [0.15, 0.2) is 11.3 Å². The summed E-state index contributed by atoms with van der Waals surface area (Å²) in [7, 11) is 0. The number of nitriles is 1. The average Bonchev–Trinajstić information content (AvgIpc) is 3.43. The van der Waals surface area contributed by atoms with E-state index in [4.69, 9.17) is 0 Å². The van der Waals surface area contributed by atoms with Crippen LogP contribution in [0.15, 0.2) is 30.6 Å². The van der Waals surface area contributed by atoms with E-state index in [-0.39, 0.29) is 11.4 Å². The summed E-state index contributed by atoms with van der Waals surface area (Å²) in [6.45, 7) is 6.64. The number of carbonyl (C=O) groups is 1. The number of aromatic nitrogens is 4. The lowest BCUT2D eigenvalue weighted by molar-refractivity contribution is 0.0919. The van der Waals surface area contributed by atoms with Gasteiger partial charge < -0.3 is 16.0 Å². The fourth-order valence-electron chi connectivity index (χ4n) is 2.95. The Morgan fingerprint density at radius 3 is 2.67 bits per heavy atom. The quantitative estimate of drug-likeness (QED) is 0.577. The molecule has 3 heterocycles. The third kappa shape index (κ3) is 4.49. The Hall–Kier alpha value is -3.67. The summed E-state index contributed by atoms with van der Waals surface area (Å²) in [6.07, 6.45) is 5.48. The zero-order valence-electron chi connectivity index (χ0n) is 17.2. The number of pyridine rings is 1. The van der Waals surface area contributed by atoms with E-state index in [1.54, 1.807) is 12.1 Å². The number of rotatable bonds is 6. The molecular weight excluding hydrogens is 380 g/mol. The second-order valence-electron chi connectivity index (χ2n) is 8.52. The highest BCUT2D eigenvalue weighted by atomic mass is 16.1. The highest BCUT2D eigenvalue weighted by Crippen LogP contribution is 2.29. The molecule has 0 spiro atoms. The van der Waals surface area contributed by atoms with E-state index < -0.39 is 0 Å². The summed E-state index contributed by atoms with van der Waals surface area (Å²) in [5.41, 5.74) is 1.71. The average molecular weight is 404 g/mol. The van der Waals surface area contributed by atoms with Gasteiger partial charge in [0, 0.05) is 24.3 Å². The first-order valence-electron chi connectivity index (χ1n) is 9.91.